The van der Waals surface area contributed by atoms with Crippen LogP contribution in [0.15, 0.2) is 12.3 Å². The number of nitro groups is 1. The molecule has 0 aromatic carbocycles. The van der Waals surface area contributed by atoms with Crippen LogP contribution in [0.25, 0.3) is 0 Å². The van der Waals surface area contributed by atoms with Crippen molar-refractivity contribution in [2.75, 3.05) is 6.54 Å². The molecule has 0 bridgehead atoms. The zero-order chi connectivity index (χ0) is 16.4. The predicted molar refractivity (Wildman–Crippen MR) is 76.5 cm³/mol. The number of aromatic nitrogens is 1. The highest BCUT2D eigenvalue weighted by molar-refractivity contribution is 5.96. The lowest BCUT2D eigenvalue weighted by Crippen LogP contribution is -2.47. The molecule has 8 nitrogen and oxygen atoms in total. The molecule has 1 N–H and O–H groups in total. The minimum atomic E-state index is -0.932. The summed E-state index contributed by atoms with van der Waals surface area (Å²) in [4.78, 5) is 39.4. The highest BCUT2D eigenvalue weighted by Gasteiger charge is 2.34. The average molecular weight is 307 g/mol. The number of carboxylic acid groups (broad SMARTS) is 1. The maximum atomic E-state index is 12.6. The van der Waals surface area contributed by atoms with Crippen molar-refractivity contribution in [3.8, 4) is 0 Å². The molecule has 2 atom stereocenters. The number of pyridine rings is 1. The molecule has 0 spiro atoms. The van der Waals surface area contributed by atoms with Gasteiger partial charge >= 0.3 is 5.97 Å². The summed E-state index contributed by atoms with van der Waals surface area (Å²) >= 11 is 0. The summed E-state index contributed by atoms with van der Waals surface area (Å²) in [5.41, 5.74) is 0.278. The lowest BCUT2D eigenvalue weighted by molar-refractivity contribution is -0.385. The Morgan fingerprint density at radius 3 is 2.73 bits per heavy atom. The van der Waals surface area contributed by atoms with Crippen LogP contribution in [-0.4, -0.2) is 44.4 Å². The van der Waals surface area contributed by atoms with E-state index in [2.05, 4.69) is 4.98 Å². The molecular formula is C14H17N3O5. The molecule has 1 aliphatic heterocycles. The summed E-state index contributed by atoms with van der Waals surface area (Å²) in [6, 6.07) is 1.09. The van der Waals surface area contributed by atoms with Crippen molar-refractivity contribution in [2.24, 2.45) is 5.92 Å². The van der Waals surface area contributed by atoms with Crippen LogP contribution in [0.2, 0.25) is 0 Å². The second kappa shape index (κ2) is 6.08. The molecule has 1 aromatic rings. The predicted octanol–water partition coefficient (Wildman–Crippen LogP) is 1.62. The fraction of sp³-hybridized carbons (Fsp3) is 0.500. The van der Waals surface area contributed by atoms with E-state index in [-0.39, 0.29) is 23.8 Å². The van der Waals surface area contributed by atoms with E-state index in [1.54, 1.807) is 6.92 Å². The summed E-state index contributed by atoms with van der Waals surface area (Å²) in [6.45, 7) is 3.55. The van der Waals surface area contributed by atoms with E-state index in [0.717, 1.165) is 6.20 Å². The molecule has 2 unspecified atom stereocenters. The molecule has 1 fully saturated rings. The monoisotopic (exact) mass is 307 g/mol. The van der Waals surface area contributed by atoms with Gasteiger partial charge in [0.25, 0.3) is 11.6 Å². The van der Waals surface area contributed by atoms with Crippen molar-refractivity contribution in [3.63, 3.8) is 0 Å². The third-order valence-corrected chi connectivity index (χ3v) is 4.01. The molecule has 0 aliphatic carbocycles. The number of amides is 1. The summed E-state index contributed by atoms with van der Waals surface area (Å²) in [5, 5.41) is 20.0. The van der Waals surface area contributed by atoms with Gasteiger partial charge in [0.2, 0.25) is 0 Å². The summed E-state index contributed by atoms with van der Waals surface area (Å²) in [6.07, 6.45) is 2.21. The van der Waals surface area contributed by atoms with E-state index in [0.29, 0.717) is 18.5 Å². The van der Waals surface area contributed by atoms with Crippen molar-refractivity contribution in [3.05, 3.63) is 33.6 Å². The van der Waals surface area contributed by atoms with Gasteiger partial charge in [-0.05, 0) is 26.7 Å². The number of carbonyl (C=O) groups excluding carboxylic acids is 1. The highest BCUT2D eigenvalue weighted by atomic mass is 16.6. The maximum Gasteiger partial charge on any atom is 0.308 e. The first-order valence-electron chi connectivity index (χ1n) is 6.96. The molecule has 118 valence electrons. The van der Waals surface area contributed by atoms with Crippen molar-refractivity contribution >= 4 is 17.6 Å². The van der Waals surface area contributed by atoms with Crippen LogP contribution < -0.4 is 0 Å². The number of carboxylic acids is 1. The Morgan fingerprint density at radius 1 is 1.45 bits per heavy atom. The smallest absolute Gasteiger partial charge is 0.308 e. The van der Waals surface area contributed by atoms with Gasteiger partial charge in [-0.15, -0.1) is 0 Å². The Bertz CT molecular complexity index is 631. The van der Waals surface area contributed by atoms with Gasteiger partial charge in [-0.2, -0.15) is 0 Å². The fourth-order valence-corrected chi connectivity index (χ4v) is 2.58. The van der Waals surface area contributed by atoms with Crippen LogP contribution in [0.3, 0.4) is 0 Å². The van der Waals surface area contributed by atoms with Crippen LogP contribution in [0, 0.1) is 23.0 Å². The van der Waals surface area contributed by atoms with E-state index in [9.17, 15) is 19.7 Å². The Labute approximate surface area is 126 Å². The lowest BCUT2D eigenvalue weighted by Gasteiger charge is -2.36. The topological polar surface area (TPSA) is 114 Å². The summed E-state index contributed by atoms with van der Waals surface area (Å²) < 4.78 is 0. The van der Waals surface area contributed by atoms with Crippen molar-refractivity contribution in [1.82, 2.24) is 9.88 Å². The average Bonchev–Trinajstić information content (AvgIpc) is 2.47. The van der Waals surface area contributed by atoms with Crippen LogP contribution >= 0.6 is 0 Å². The molecule has 8 heteroatoms. The number of piperidine rings is 1. The van der Waals surface area contributed by atoms with Gasteiger partial charge in [0.1, 0.15) is 6.20 Å². The van der Waals surface area contributed by atoms with Crippen LogP contribution in [0.1, 0.15) is 35.8 Å². The van der Waals surface area contributed by atoms with Crippen LogP contribution in [0.5, 0.6) is 0 Å². The van der Waals surface area contributed by atoms with E-state index >= 15 is 0 Å². The maximum absolute atomic E-state index is 12.6. The molecule has 1 aromatic heterocycles. The van der Waals surface area contributed by atoms with Crippen molar-refractivity contribution < 1.29 is 19.6 Å². The van der Waals surface area contributed by atoms with Gasteiger partial charge in [0.05, 0.1) is 22.1 Å². The summed E-state index contributed by atoms with van der Waals surface area (Å²) in [7, 11) is 0. The first kappa shape index (κ1) is 15.9. The minimum Gasteiger partial charge on any atom is -0.481 e. The molecule has 2 rings (SSSR count). The lowest BCUT2D eigenvalue weighted by atomic mass is 9.93. The SMILES string of the molecule is Cc1ncc([N+](=O)[O-])cc1C(=O)N1CC(C(=O)O)CCC1C. The molecule has 1 aliphatic rings. The third kappa shape index (κ3) is 3.05. The van der Waals surface area contributed by atoms with Crippen molar-refractivity contribution in [2.45, 2.75) is 32.7 Å². The molecule has 0 saturated carbocycles. The van der Waals surface area contributed by atoms with Gasteiger partial charge in [-0.1, -0.05) is 0 Å². The largest absolute Gasteiger partial charge is 0.481 e. The van der Waals surface area contributed by atoms with Gasteiger partial charge in [0.15, 0.2) is 0 Å². The molecule has 2 heterocycles. The Kier molecular flexibility index (Phi) is 4.39. The Hall–Kier alpha value is -2.51. The first-order valence-corrected chi connectivity index (χ1v) is 6.96. The van der Waals surface area contributed by atoms with Crippen molar-refractivity contribution in [1.29, 1.82) is 0 Å². The number of rotatable bonds is 3. The molecule has 22 heavy (non-hydrogen) atoms. The number of aryl methyl sites for hydroxylation is 1. The number of aliphatic carboxylic acids is 1. The summed E-state index contributed by atoms with van der Waals surface area (Å²) in [5.74, 6) is -1.95. The van der Waals surface area contributed by atoms with E-state index in [4.69, 9.17) is 5.11 Å². The number of likely N-dealkylation sites (tertiary alicyclic amines) is 1. The Balaban J connectivity index is 2.31. The van der Waals surface area contributed by atoms with E-state index < -0.39 is 22.7 Å². The molecule has 1 amide bonds. The fourth-order valence-electron chi connectivity index (χ4n) is 2.58. The number of hydrogen-bond donors (Lipinski definition) is 1. The standard InChI is InChI=1S/C14H17N3O5/c1-8-3-4-10(14(19)20)7-16(8)13(18)12-5-11(17(21)22)6-15-9(12)2/h5-6,8,10H,3-4,7H2,1-2H3,(H,19,20). The zero-order valence-electron chi connectivity index (χ0n) is 12.4. The number of carbonyl (C=O) groups is 2. The molecule has 1 saturated heterocycles. The highest BCUT2D eigenvalue weighted by Crippen LogP contribution is 2.25. The van der Waals surface area contributed by atoms with Crippen LogP contribution in [0.4, 0.5) is 5.69 Å². The number of hydrogen-bond acceptors (Lipinski definition) is 5. The second-order valence-electron chi connectivity index (χ2n) is 5.50. The first-order chi connectivity index (χ1) is 10.3. The molecule has 0 radical (unpaired) electrons. The van der Waals surface area contributed by atoms with E-state index in [1.807, 2.05) is 6.92 Å². The molecular weight excluding hydrogens is 290 g/mol. The van der Waals surface area contributed by atoms with Gasteiger partial charge in [0, 0.05) is 18.7 Å². The van der Waals surface area contributed by atoms with Crippen LogP contribution in [-0.2, 0) is 4.79 Å². The normalized spacial score (nSPS) is 21.5. The van der Waals surface area contributed by atoms with Gasteiger partial charge in [-0.25, -0.2) is 0 Å². The zero-order valence-corrected chi connectivity index (χ0v) is 12.4. The number of nitrogens with zero attached hydrogens (tertiary/aromatic N) is 3. The van der Waals surface area contributed by atoms with Gasteiger partial charge < -0.3 is 10.0 Å². The van der Waals surface area contributed by atoms with E-state index in [1.165, 1.54) is 11.0 Å². The van der Waals surface area contributed by atoms with Gasteiger partial charge in [-0.3, -0.25) is 24.7 Å². The Morgan fingerprint density at radius 2 is 2.14 bits per heavy atom. The minimum absolute atomic E-state index is 0.109. The quantitative estimate of drug-likeness (QED) is 0.670. The second-order valence-corrected chi connectivity index (χ2v) is 5.50. The third-order valence-electron chi connectivity index (χ3n) is 4.01.